The van der Waals surface area contributed by atoms with E-state index in [1.807, 2.05) is 0 Å². The van der Waals surface area contributed by atoms with Crippen molar-refractivity contribution in [1.29, 1.82) is 0 Å². The van der Waals surface area contributed by atoms with Crippen LogP contribution in [0.1, 0.15) is 10.4 Å². The third kappa shape index (κ3) is 3.13. The maximum Gasteiger partial charge on any atom is 0.408 e. The average Bonchev–Trinajstić information content (AvgIpc) is 3.05. The molecule has 0 fully saturated rings. The second-order valence-electron chi connectivity index (χ2n) is 4.56. The van der Waals surface area contributed by atoms with Gasteiger partial charge in [0, 0.05) is 11.8 Å². The number of alkyl halides is 3. The molecule has 1 aromatic carbocycles. The molecule has 3 rings (SSSR count). The highest BCUT2D eigenvalue weighted by atomic mass is 19.4. The van der Waals surface area contributed by atoms with Crippen molar-refractivity contribution in [3.05, 3.63) is 36.2 Å². The maximum absolute atomic E-state index is 12.2. The summed E-state index contributed by atoms with van der Waals surface area (Å²) in [6, 6.07) is 4.62. The Morgan fingerprint density at radius 3 is 2.86 bits per heavy atom. The first-order chi connectivity index (χ1) is 10.4. The summed E-state index contributed by atoms with van der Waals surface area (Å²) in [4.78, 5) is 12.0. The van der Waals surface area contributed by atoms with Gasteiger partial charge in [-0.1, -0.05) is 0 Å². The van der Waals surface area contributed by atoms with Crippen molar-refractivity contribution < 1.29 is 27.4 Å². The Labute approximate surface area is 122 Å². The summed E-state index contributed by atoms with van der Waals surface area (Å²) in [5.41, 5.74) is 0.472. The van der Waals surface area contributed by atoms with Crippen LogP contribution in [-0.4, -0.2) is 28.7 Å². The molecule has 1 aliphatic heterocycles. The number of fused-ring (bicyclic) bond motifs is 1. The van der Waals surface area contributed by atoms with Gasteiger partial charge in [0.1, 0.15) is 6.54 Å². The molecule has 2 heterocycles. The van der Waals surface area contributed by atoms with E-state index in [1.54, 1.807) is 6.07 Å². The van der Waals surface area contributed by atoms with Crippen LogP contribution in [-0.2, 0) is 6.54 Å². The lowest BCUT2D eigenvalue weighted by Crippen LogP contribution is -2.18. The van der Waals surface area contributed by atoms with Gasteiger partial charge >= 0.3 is 6.18 Å². The fraction of sp³-hybridized carbons (Fsp3) is 0.231. The SMILES string of the molecule is O=C(Nc1cnn(CC(F)(F)F)c1)c1ccc2c(c1)OCO2. The van der Waals surface area contributed by atoms with Gasteiger partial charge in [-0.3, -0.25) is 9.48 Å². The van der Waals surface area contributed by atoms with Gasteiger partial charge in [-0.05, 0) is 18.2 Å². The number of rotatable bonds is 3. The van der Waals surface area contributed by atoms with Crippen LogP contribution in [0.2, 0.25) is 0 Å². The highest BCUT2D eigenvalue weighted by Crippen LogP contribution is 2.32. The number of carbonyl (C=O) groups excluding carboxylic acids is 1. The van der Waals surface area contributed by atoms with Gasteiger partial charge in [0.05, 0.1) is 11.9 Å². The summed E-state index contributed by atoms with van der Waals surface area (Å²) >= 11 is 0. The second-order valence-corrected chi connectivity index (χ2v) is 4.56. The lowest BCUT2D eigenvalue weighted by atomic mass is 10.2. The molecule has 0 radical (unpaired) electrons. The number of hydrogen-bond donors (Lipinski definition) is 1. The standard InChI is InChI=1S/C13H10F3N3O3/c14-13(15,16)6-19-5-9(4-17-19)18-12(20)8-1-2-10-11(3-8)22-7-21-10/h1-5H,6-7H2,(H,18,20). The van der Waals surface area contributed by atoms with Crippen molar-refractivity contribution in [2.75, 3.05) is 12.1 Å². The number of aromatic nitrogens is 2. The van der Waals surface area contributed by atoms with Crippen LogP contribution in [0, 0.1) is 0 Å². The number of halogens is 3. The molecular formula is C13H10F3N3O3. The van der Waals surface area contributed by atoms with Gasteiger partial charge < -0.3 is 14.8 Å². The molecule has 1 aromatic heterocycles. The normalized spacial score (nSPS) is 13.2. The molecule has 6 nitrogen and oxygen atoms in total. The largest absolute Gasteiger partial charge is 0.454 e. The fourth-order valence-electron chi connectivity index (χ4n) is 1.94. The molecule has 0 atom stereocenters. The molecule has 1 N–H and O–H groups in total. The van der Waals surface area contributed by atoms with Crippen molar-refractivity contribution >= 4 is 11.6 Å². The molecule has 9 heteroatoms. The Morgan fingerprint density at radius 1 is 1.32 bits per heavy atom. The molecule has 0 bridgehead atoms. The first-order valence-corrected chi connectivity index (χ1v) is 6.21. The number of carbonyl (C=O) groups is 1. The molecule has 0 saturated heterocycles. The van der Waals surface area contributed by atoms with E-state index >= 15 is 0 Å². The second kappa shape index (κ2) is 5.24. The Morgan fingerprint density at radius 2 is 2.09 bits per heavy atom. The third-order valence-electron chi connectivity index (χ3n) is 2.87. The zero-order chi connectivity index (χ0) is 15.7. The summed E-state index contributed by atoms with van der Waals surface area (Å²) < 4.78 is 47.7. The Kier molecular flexibility index (Phi) is 3.39. The smallest absolute Gasteiger partial charge is 0.408 e. The summed E-state index contributed by atoms with van der Waals surface area (Å²) in [5.74, 6) is 0.500. The zero-order valence-electron chi connectivity index (χ0n) is 11.1. The molecule has 2 aromatic rings. The van der Waals surface area contributed by atoms with Crippen LogP contribution in [0.5, 0.6) is 11.5 Å². The topological polar surface area (TPSA) is 65.4 Å². The number of nitrogens with one attached hydrogen (secondary N) is 1. The zero-order valence-corrected chi connectivity index (χ0v) is 11.1. The van der Waals surface area contributed by atoms with Crippen LogP contribution in [0.15, 0.2) is 30.6 Å². The predicted molar refractivity (Wildman–Crippen MR) is 68.8 cm³/mol. The van der Waals surface area contributed by atoms with E-state index in [0.29, 0.717) is 21.7 Å². The van der Waals surface area contributed by atoms with Crippen LogP contribution in [0.4, 0.5) is 18.9 Å². The first kappa shape index (κ1) is 14.2. The molecule has 0 saturated carbocycles. The van der Waals surface area contributed by atoms with Crippen LogP contribution in [0.3, 0.4) is 0 Å². The number of anilines is 1. The molecule has 0 spiro atoms. The van der Waals surface area contributed by atoms with Crippen LogP contribution in [0.25, 0.3) is 0 Å². The third-order valence-corrected chi connectivity index (χ3v) is 2.87. The molecule has 1 aliphatic rings. The summed E-state index contributed by atoms with van der Waals surface area (Å²) in [5, 5.41) is 6.01. The first-order valence-electron chi connectivity index (χ1n) is 6.21. The lowest BCUT2D eigenvalue weighted by Gasteiger charge is -2.05. The average molecular weight is 313 g/mol. The fourth-order valence-corrected chi connectivity index (χ4v) is 1.94. The summed E-state index contributed by atoms with van der Waals surface area (Å²) in [7, 11) is 0. The van der Waals surface area contributed by atoms with E-state index in [0.717, 1.165) is 12.4 Å². The molecule has 22 heavy (non-hydrogen) atoms. The number of benzene rings is 1. The Bertz CT molecular complexity index is 712. The molecule has 0 aliphatic carbocycles. The van der Waals surface area contributed by atoms with Gasteiger partial charge in [-0.25, -0.2) is 0 Å². The Balaban J connectivity index is 1.69. The number of ether oxygens (including phenoxy) is 2. The van der Waals surface area contributed by atoms with E-state index in [-0.39, 0.29) is 12.5 Å². The van der Waals surface area contributed by atoms with E-state index < -0.39 is 18.6 Å². The molecule has 116 valence electrons. The van der Waals surface area contributed by atoms with Crippen molar-refractivity contribution in [3.8, 4) is 11.5 Å². The van der Waals surface area contributed by atoms with Gasteiger partial charge in [-0.15, -0.1) is 0 Å². The van der Waals surface area contributed by atoms with E-state index in [2.05, 4.69) is 10.4 Å². The van der Waals surface area contributed by atoms with E-state index in [4.69, 9.17) is 9.47 Å². The van der Waals surface area contributed by atoms with Gasteiger partial charge in [0.15, 0.2) is 11.5 Å². The molecule has 1 amide bonds. The molecular weight excluding hydrogens is 303 g/mol. The number of hydrogen-bond acceptors (Lipinski definition) is 4. The van der Waals surface area contributed by atoms with Crippen molar-refractivity contribution in [1.82, 2.24) is 9.78 Å². The predicted octanol–water partition coefficient (Wildman–Crippen LogP) is 2.43. The minimum atomic E-state index is -4.37. The summed E-state index contributed by atoms with van der Waals surface area (Å²) in [6.07, 6.45) is -2.11. The minimum absolute atomic E-state index is 0.0879. The highest BCUT2D eigenvalue weighted by molar-refractivity contribution is 6.04. The maximum atomic E-state index is 12.2. The van der Waals surface area contributed by atoms with Crippen molar-refractivity contribution in [2.24, 2.45) is 0 Å². The van der Waals surface area contributed by atoms with Crippen LogP contribution < -0.4 is 14.8 Å². The van der Waals surface area contributed by atoms with Gasteiger partial charge in [0.25, 0.3) is 5.91 Å². The summed E-state index contributed by atoms with van der Waals surface area (Å²) in [6.45, 7) is -1.13. The van der Waals surface area contributed by atoms with Gasteiger partial charge in [0.2, 0.25) is 6.79 Å². The molecule has 0 unspecified atom stereocenters. The van der Waals surface area contributed by atoms with Crippen molar-refractivity contribution in [3.63, 3.8) is 0 Å². The van der Waals surface area contributed by atoms with E-state index in [9.17, 15) is 18.0 Å². The number of nitrogens with zero attached hydrogens (tertiary/aromatic N) is 2. The minimum Gasteiger partial charge on any atom is -0.454 e. The van der Waals surface area contributed by atoms with Gasteiger partial charge in [-0.2, -0.15) is 18.3 Å². The quantitative estimate of drug-likeness (QED) is 0.945. The highest BCUT2D eigenvalue weighted by Gasteiger charge is 2.28. The van der Waals surface area contributed by atoms with E-state index in [1.165, 1.54) is 12.1 Å². The van der Waals surface area contributed by atoms with Crippen molar-refractivity contribution in [2.45, 2.75) is 12.7 Å². The van der Waals surface area contributed by atoms with Crippen LogP contribution >= 0.6 is 0 Å². The number of amides is 1. The monoisotopic (exact) mass is 313 g/mol. The Hall–Kier alpha value is -2.71. The lowest BCUT2D eigenvalue weighted by molar-refractivity contribution is -0.142.